The lowest BCUT2D eigenvalue weighted by Crippen LogP contribution is -2.39. The quantitative estimate of drug-likeness (QED) is 0.311. The van der Waals surface area contributed by atoms with E-state index in [1.54, 1.807) is 0 Å². The monoisotopic (exact) mass is 492 g/mol. The zero-order valence-electron chi connectivity index (χ0n) is 14.3. The number of hydrogen-bond donors (Lipinski definition) is 3. The molecule has 0 spiro atoms. The Labute approximate surface area is 186 Å². The smallest absolute Gasteiger partial charge is 0.283 e. The van der Waals surface area contributed by atoms with Crippen LogP contribution in [0.2, 0.25) is 20.1 Å². The Kier molecular flexibility index (Phi) is 5.98. The highest BCUT2D eigenvalue weighted by Crippen LogP contribution is 2.50. The van der Waals surface area contributed by atoms with Gasteiger partial charge in [-0.05, 0) is 48.0 Å². The van der Waals surface area contributed by atoms with Crippen molar-refractivity contribution in [3.8, 4) is 11.5 Å². The molecular weight excluding hydrogens is 482 g/mol. The van der Waals surface area contributed by atoms with E-state index in [4.69, 9.17) is 46.4 Å². The topological polar surface area (TPSA) is 94.8 Å². The number of rotatable bonds is 4. The number of hydrogen-bond acceptors (Lipinski definition) is 4. The third-order valence-electron chi connectivity index (χ3n) is 4.32. The molecule has 0 bridgehead atoms. The maximum absolute atomic E-state index is 13.0. The molecule has 0 amide bonds. The Morgan fingerprint density at radius 1 is 0.690 bits per heavy atom. The number of halogens is 4. The summed E-state index contributed by atoms with van der Waals surface area (Å²) < 4.78 is 34.1. The van der Waals surface area contributed by atoms with Crippen LogP contribution in [-0.4, -0.2) is 23.2 Å². The number of aromatic hydroxyl groups is 2. The molecule has 0 aliphatic heterocycles. The van der Waals surface area contributed by atoms with Gasteiger partial charge in [0, 0.05) is 31.2 Å². The van der Waals surface area contributed by atoms with E-state index in [1.807, 2.05) is 0 Å². The lowest BCUT2D eigenvalue weighted by Gasteiger charge is -2.34. The zero-order valence-corrected chi connectivity index (χ0v) is 18.1. The summed E-state index contributed by atoms with van der Waals surface area (Å²) in [5.41, 5.74) is -0.256. The van der Waals surface area contributed by atoms with Crippen molar-refractivity contribution in [1.29, 1.82) is 0 Å². The fourth-order valence-corrected chi connectivity index (χ4v) is 5.82. The van der Waals surface area contributed by atoms with E-state index in [2.05, 4.69) is 0 Å². The molecule has 0 fully saturated rings. The minimum Gasteiger partial charge on any atom is -0.508 e. The lowest BCUT2D eigenvalue weighted by molar-refractivity contribution is 0.456. The first-order valence-corrected chi connectivity index (χ1v) is 10.8. The van der Waals surface area contributed by atoms with Crippen LogP contribution >= 0.6 is 46.4 Å². The van der Waals surface area contributed by atoms with E-state index in [9.17, 15) is 23.2 Å². The Balaban J connectivity index is 2.60. The van der Waals surface area contributed by atoms with Gasteiger partial charge in [0.2, 0.25) is 0 Å². The molecule has 5 nitrogen and oxygen atoms in total. The first kappa shape index (κ1) is 22.0. The van der Waals surface area contributed by atoms with Crippen LogP contribution in [0.3, 0.4) is 0 Å². The van der Waals surface area contributed by atoms with Gasteiger partial charge in [0.25, 0.3) is 10.1 Å². The summed E-state index contributed by atoms with van der Waals surface area (Å²) in [6.07, 6.45) is 0. The van der Waals surface area contributed by atoms with Gasteiger partial charge in [-0.25, -0.2) is 0 Å². The summed E-state index contributed by atoms with van der Waals surface area (Å²) in [5.74, 6) is -0.437. The molecule has 3 aromatic carbocycles. The van der Waals surface area contributed by atoms with Crippen molar-refractivity contribution in [3.63, 3.8) is 0 Å². The van der Waals surface area contributed by atoms with Crippen LogP contribution in [0.4, 0.5) is 0 Å². The molecule has 3 rings (SSSR count). The molecule has 152 valence electrons. The van der Waals surface area contributed by atoms with Gasteiger partial charge in [-0.15, -0.1) is 0 Å². The molecule has 10 heteroatoms. The van der Waals surface area contributed by atoms with E-state index in [1.165, 1.54) is 42.5 Å². The average Bonchev–Trinajstić information content (AvgIpc) is 2.56. The van der Waals surface area contributed by atoms with Crippen molar-refractivity contribution in [2.45, 2.75) is 4.75 Å². The molecule has 0 aromatic heterocycles. The fourth-order valence-electron chi connectivity index (χ4n) is 3.22. The molecule has 0 saturated carbocycles. The Bertz CT molecular complexity index is 1140. The van der Waals surface area contributed by atoms with Crippen LogP contribution in [-0.2, 0) is 14.9 Å². The van der Waals surface area contributed by atoms with E-state index >= 15 is 0 Å². The van der Waals surface area contributed by atoms with Crippen molar-refractivity contribution < 1.29 is 23.2 Å². The Hall–Kier alpha value is -1.67. The lowest BCUT2D eigenvalue weighted by atomic mass is 9.83. The maximum atomic E-state index is 13.0. The average molecular weight is 494 g/mol. The first-order valence-electron chi connectivity index (χ1n) is 7.88. The summed E-state index contributed by atoms with van der Waals surface area (Å²) in [6, 6.07) is 11.1. The van der Waals surface area contributed by atoms with Crippen molar-refractivity contribution in [3.05, 3.63) is 91.4 Å². The molecule has 0 atom stereocenters. The highest BCUT2D eigenvalue weighted by atomic mass is 35.5. The summed E-state index contributed by atoms with van der Waals surface area (Å²) in [4.78, 5) is 0. The largest absolute Gasteiger partial charge is 0.508 e. The molecule has 0 aliphatic carbocycles. The molecule has 0 aliphatic rings. The minimum absolute atomic E-state index is 0.0438. The molecule has 0 saturated heterocycles. The summed E-state index contributed by atoms with van der Waals surface area (Å²) >= 11 is 24.8. The van der Waals surface area contributed by atoms with Crippen molar-refractivity contribution in [2.75, 3.05) is 0 Å². The number of phenolic OH excluding ortho intramolecular Hbond substituents is 2. The molecular formula is C19H12Cl4O5S. The second-order valence-corrected chi connectivity index (χ2v) is 9.39. The maximum Gasteiger partial charge on any atom is 0.283 e. The summed E-state index contributed by atoms with van der Waals surface area (Å²) in [5, 5.41) is 19.3. The molecule has 0 heterocycles. The van der Waals surface area contributed by atoms with E-state index < -0.39 is 14.9 Å². The minimum atomic E-state index is -5.04. The molecule has 29 heavy (non-hydrogen) atoms. The predicted octanol–water partition coefficient (Wildman–Crippen LogP) is 5.89. The van der Waals surface area contributed by atoms with Crippen molar-refractivity contribution in [2.24, 2.45) is 0 Å². The fraction of sp³-hybridized carbons (Fsp3) is 0.0526. The van der Waals surface area contributed by atoms with E-state index in [0.29, 0.717) is 0 Å². The van der Waals surface area contributed by atoms with Crippen molar-refractivity contribution >= 4 is 56.5 Å². The first-order chi connectivity index (χ1) is 13.5. The van der Waals surface area contributed by atoms with Gasteiger partial charge in [-0.1, -0.05) is 58.5 Å². The van der Waals surface area contributed by atoms with Crippen LogP contribution in [0.1, 0.15) is 16.7 Å². The van der Waals surface area contributed by atoms with Crippen LogP contribution in [0.25, 0.3) is 0 Å². The van der Waals surface area contributed by atoms with Crippen LogP contribution < -0.4 is 0 Å². The van der Waals surface area contributed by atoms with E-state index in [-0.39, 0.29) is 48.3 Å². The third-order valence-corrected chi connectivity index (χ3v) is 6.83. The van der Waals surface area contributed by atoms with Crippen molar-refractivity contribution in [1.82, 2.24) is 0 Å². The molecule has 3 N–H and O–H groups in total. The van der Waals surface area contributed by atoms with Gasteiger partial charge in [0.1, 0.15) is 11.5 Å². The van der Waals surface area contributed by atoms with E-state index in [0.717, 1.165) is 12.1 Å². The highest BCUT2D eigenvalue weighted by molar-refractivity contribution is 7.87. The normalized spacial score (nSPS) is 12.2. The summed E-state index contributed by atoms with van der Waals surface area (Å²) in [6.45, 7) is 0. The number of phenols is 2. The van der Waals surface area contributed by atoms with Gasteiger partial charge < -0.3 is 10.2 Å². The predicted molar refractivity (Wildman–Crippen MR) is 114 cm³/mol. The van der Waals surface area contributed by atoms with Crippen LogP contribution in [0.15, 0.2) is 54.6 Å². The SMILES string of the molecule is O=S(=O)(O)C(c1cc(Cl)cc(Cl)c1)(c1ccc(O)cc1Cl)c1ccc(O)cc1Cl. The molecule has 3 aromatic rings. The number of benzene rings is 3. The zero-order chi connectivity index (χ0) is 21.6. The van der Waals surface area contributed by atoms with Crippen LogP contribution in [0.5, 0.6) is 11.5 Å². The second-order valence-electron chi connectivity index (χ2n) is 6.14. The summed E-state index contributed by atoms with van der Waals surface area (Å²) in [7, 11) is -5.04. The Morgan fingerprint density at radius 3 is 1.45 bits per heavy atom. The standard InChI is InChI=1S/C19H12Cl4O5S/c20-11-5-10(6-12(21)7-11)19(29(26,27)28,15-3-1-13(24)8-17(15)22)16-4-2-14(25)9-18(16)23/h1-9,24-25H,(H,26,27,28). The van der Waals surface area contributed by atoms with Gasteiger partial charge in [-0.2, -0.15) is 8.42 Å². The second kappa shape index (κ2) is 7.87. The van der Waals surface area contributed by atoms with Gasteiger partial charge in [-0.3, -0.25) is 4.55 Å². The third kappa shape index (κ3) is 3.89. The molecule has 0 unspecified atom stereocenters. The van der Waals surface area contributed by atoms with Gasteiger partial charge >= 0.3 is 0 Å². The van der Waals surface area contributed by atoms with Crippen LogP contribution in [0, 0.1) is 0 Å². The molecule has 0 radical (unpaired) electrons. The highest BCUT2D eigenvalue weighted by Gasteiger charge is 2.51. The Morgan fingerprint density at radius 2 is 1.10 bits per heavy atom. The van der Waals surface area contributed by atoms with Gasteiger partial charge in [0.15, 0.2) is 4.75 Å². The van der Waals surface area contributed by atoms with Gasteiger partial charge in [0.05, 0.1) is 0 Å².